The van der Waals surface area contributed by atoms with Gasteiger partial charge in [0.1, 0.15) is 22.5 Å². The fourth-order valence-electron chi connectivity index (χ4n) is 2.89. The zero-order valence-corrected chi connectivity index (χ0v) is 15.0. The molecule has 1 heterocycles. The summed E-state index contributed by atoms with van der Waals surface area (Å²) in [6, 6.07) is 7.25. The van der Waals surface area contributed by atoms with Crippen molar-refractivity contribution in [3.8, 4) is 34.3 Å². The highest BCUT2D eigenvalue weighted by Gasteiger charge is 2.24. The monoisotopic (exact) mass is 385 g/mol. The third kappa shape index (κ3) is 3.37. The van der Waals surface area contributed by atoms with E-state index in [1.807, 2.05) is 0 Å². The molecule has 0 bridgehead atoms. The van der Waals surface area contributed by atoms with Gasteiger partial charge < -0.3 is 35.9 Å². The second-order valence-corrected chi connectivity index (χ2v) is 5.99. The lowest BCUT2D eigenvalue weighted by Crippen LogP contribution is -2.23. The highest BCUT2D eigenvalue weighted by molar-refractivity contribution is 5.92. The van der Waals surface area contributed by atoms with Crippen LogP contribution < -0.4 is 21.6 Å². The third-order valence-electron chi connectivity index (χ3n) is 4.19. The molecule has 0 aliphatic carbocycles. The summed E-state index contributed by atoms with van der Waals surface area (Å²) in [5.41, 5.74) is 10.9. The number of ether oxygens (including phenoxy) is 1. The smallest absolute Gasteiger partial charge is 0.204 e. The van der Waals surface area contributed by atoms with Gasteiger partial charge in [0.05, 0.1) is 7.11 Å². The van der Waals surface area contributed by atoms with Crippen molar-refractivity contribution in [3.05, 3.63) is 46.1 Å². The summed E-state index contributed by atoms with van der Waals surface area (Å²) in [5.74, 6) is -0.997. The maximum absolute atomic E-state index is 12.7. The van der Waals surface area contributed by atoms with E-state index in [4.69, 9.17) is 20.6 Å². The van der Waals surface area contributed by atoms with Crippen LogP contribution in [0, 0.1) is 0 Å². The van der Waals surface area contributed by atoms with Crippen molar-refractivity contribution in [3.63, 3.8) is 0 Å². The molecule has 0 radical (unpaired) electrons. The van der Waals surface area contributed by atoms with Gasteiger partial charge in [-0.1, -0.05) is 0 Å². The van der Waals surface area contributed by atoms with Gasteiger partial charge in [-0.15, -0.1) is 0 Å². The molecule has 146 valence electrons. The molecule has 9 heteroatoms. The molecule has 0 aliphatic heterocycles. The molecule has 0 atom stereocenters. The molecule has 1 aromatic heterocycles. The van der Waals surface area contributed by atoms with E-state index >= 15 is 0 Å². The second-order valence-electron chi connectivity index (χ2n) is 5.99. The van der Waals surface area contributed by atoms with E-state index in [9.17, 15) is 20.1 Å². The molecule has 28 heavy (non-hydrogen) atoms. The number of phenols is 3. The fraction of sp³-hybridized carbons (Fsp3) is 0.158. The number of rotatable bonds is 5. The Morgan fingerprint density at radius 1 is 1.14 bits per heavy atom. The average molecular weight is 385 g/mol. The van der Waals surface area contributed by atoms with E-state index in [2.05, 4.69) is 4.99 Å². The SMILES string of the molecule is COc1c(O)c(CCN=C(N)N)c2oc(-c3ccc(O)cc3)cc(=O)c2c1O. The van der Waals surface area contributed by atoms with Gasteiger partial charge in [-0.3, -0.25) is 9.79 Å². The summed E-state index contributed by atoms with van der Waals surface area (Å²) in [4.78, 5) is 16.6. The van der Waals surface area contributed by atoms with Crippen molar-refractivity contribution in [1.82, 2.24) is 0 Å². The predicted molar refractivity (Wildman–Crippen MR) is 104 cm³/mol. The van der Waals surface area contributed by atoms with E-state index < -0.39 is 11.2 Å². The first-order valence-electron chi connectivity index (χ1n) is 8.27. The van der Waals surface area contributed by atoms with Gasteiger partial charge in [0.15, 0.2) is 22.9 Å². The molecular formula is C19H19N3O6. The molecule has 0 unspecified atom stereocenters. The molecule has 9 nitrogen and oxygen atoms in total. The summed E-state index contributed by atoms with van der Waals surface area (Å²) in [7, 11) is 1.26. The number of fused-ring (bicyclic) bond motifs is 1. The molecule has 7 N–H and O–H groups in total. The van der Waals surface area contributed by atoms with Crippen LogP contribution in [0.3, 0.4) is 0 Å². The summed E-state index contributed by atoms with van der Waals surface area (Å²) >= 11 is 0. The standard InChI is InChI=1S/C19H19N3O6/c1-27-18-15(25)11(6-7-22-19(20)21)17-14(16(18)26)12(24)8-13(28-17)9-2-4-10(23)5-3-9/h2-5,8,23,25-26H,6-7H2,1H3,(H4,20,21,22). The van der Waals surface area contributed by atoms with Crippen molar-refractivity contribution in [1.29, 1.82) is 0 Å². The van der Waals surface area contributed by atoms with Crippen LogP contribution in [0.5, 0.6) is 23.0 Å². The number of guanidine groups is 1. The van der Waals surface area contributed by atoms with Crippen LogP contribution in [0.2, 0.25) is 0 Å². The number of benzene rings is 2. The Balaban J connectivity index is 2.29. The van der Waals surface area contributed by atoms with Crippen LogP contribution >= 0.6 is 0 Å². The molecular weight excluding hydrogens is 366 g/mol. The van der Waals surface area contributed by atoms with Crippen LogP contribution in [0.15, 0.2) is 44.5 Å². The number of aliphatic imine (C=N–C) groups is 1. The minimum Gasteiger partial charge on any atom is -0.508 e. The molecule has 2 aromatic carbocycles. The number of methoxy groups -OCH3 is 1. The van der Waals surface area contributed by atoms with Crippen molar-refractivity contribution >= 4 is 16.9 Å². The van der Waals surface area contributed by atoms with Gasteiger partial charge in [0, 0.05) is 23.7 Å². The molecule has 0 saturated heterocycles. The first-order chi connectivity index (χ1) is 13.3. The van der Waals surface area contributed by atoms with Crippen LogP contribution in [0.4, 0.5) is 0 Å². The van der Waals surface area contributed by atoms with Gasteiger partial charge in [-0.2, -0.15) is 0 Å². The Bertz CT molecular complexity index is 1120. The van der Waals surface area contributed by atoms with E-state index in [1.165, 1.54) is 25.3 Å². The lowest BCUT2D eigenvalue weighted by Gasteiger charge is -2.14. The quantitative estimate of drug-likeness (QED) is 0.325. The van der Waals surface area contributed by atoms with Gasteiger partial charge in [-0.25, -0.2) is 0 Å². The zero-order valence-electron chi connectivity index (χ0n) is 15.0. The highest BCUT2D eigenvalue weighted by Crippen LogP contribution is 2.45. The van der Waals surface area contributed by atoms with E-state index in [0.29, 0.717) is 5.56 Å². The maximum Gasteiger partial charge on any atom is 0.204 e. The topological polar surface area (TPSA) is 165 Å². The average Bonchev–Trinajstić information content (AvgIpc) is 2.64. The van der Waals surface area contributed by atoms with Crippen molar-refractivity contribution < 1.29 is 24.5 Å². The van der Waals surface area contributed by atoms with Crippen LogP contribution in [0.1, 0.15) is 5.56 Å². The van der Waals surface area contributed by atoms with Gasteiger partial charge in [-0.05, 0) is 30.7 Å². The summed E-state index contributed by atoms with van der Waals surface area (Å²) < 4.78 is 10.9. The van der Waals surface area contributed by atoms with Crippen LogP contribution in [-0.4, -0.2) is 34.9 Å². The molecule has 0 saturated carbocycles. The lowest BCUT2D eigenvalue weighted by atomic mass is 10.0. The second kappa shape index (κ2) is 7.39. The Morgan fingerprint density at radius 3 is 2.43 bits per heavy atom. The predicted octanol–water partition coefficient (Wildman–Crippen LogP) is 1.40. The highest BCUT2D eigenvalue weighted by atomic mass is 16.5. The van der Waals surface area contributed by atoms with Crippen LogP contribution in [0.25, 0.3) is 22.3 Å². The number of nitrogens with two attached hydrogens (primary N) is 2. The first kappa shape index (κ1) is 18.9. The van der Waals surface area contributed by atoms with E-state index in [0.717, 1.165) is 0 Å². The van der Waals surface area contributed by atoms with E-state index in [1.54, 1.807) is 12.1 Å². The maximum atomic E-state index is 12.7. The zero-order chi connectivity index (χ0) is 20.4. The van der Waals surface area contributed by atoms with Crippen molar-refractivity contribution in [2.45, 2.75) is 6.42 Å². The molecule has 0 spiro atoms. The number of hydrogen-bond acceptors (Lipinski definition) is 7. The normalized spacial score (nSPS) is 10.8. The summed E-state index contributed by atoms with van der Waals surface area (Å²) in [6.45, 7) is 0.117. The lowest BCUT2D eigenvalue weighted by molar-refractivity contribution is 0.344. The molecule has 0 amide bonds. The molecule has 3 aromatic rings. The summed E-state index contributed by atoms with van der Waals surface area (Å²) in [6.07, 6.45) is 0.124. The Hall–Kier alpha value is -3.88. The largest absolute Gasteiger partial charge is 0.508 e. The summed E-state index contributed by atoms with van der Waals surface area (Å²) in [5, 5.41) is 30.2. The number of nitrogens with zero attached hydrogens (tertiary/aromatic N) is 1. The van der Waals surface area contributed by atoms with E-state index in [-0.39, 0.29) is 58.5 Å². The van der Waals surface area contributed by atoms with Gasteiger partial charge in [0.25, 0.3) is 0 Å². The molecule has 0 aliphatic rings. The molecule has 0 fully saturated rings. The van der Waals surface area contributed by atoms with Crippen LogP contribution in [-0.2, 0) is 6.42 Å². The van der Waals surface area contributed by atoms with Crippen molar-refractivity contribution in [2.24, 2.45) is 16.5 Å². The number of phenolic OH excluding ortho intramolecular Hbond substituents is 3. The Morgan fingerprint density at radius 2 is 1.82 bits per heavy atom. The van der Waals surface area contributed by atoms with Crippen molar-refractivity contribution in [2.75, 3.05) is 13.7 Å². The Kier molecular flexibility index (Phi) is 4.99. The van der Waals surface area contributed by atoms with Gasteiger partial charge in [0.2, 0.25) is 5.75 Å². The number of aromatic hydroxyl groups is 3. The molecule has 3 rings (SSSR count). The number of hydrogen-bond donors (Lipinski definition) is 5. The minimum atomic E-state index is -0.525. The third-order valence-corrected chi connectivity index (χ3v) is 4.19. The first-order valence-corrected chi connectivity index (χ1v) is 8.27. The Labute approximate surface area is 159 Å². The minimum absolute atomic E-state index is 0.00262. The fourth-order valence-corrected chi connectivity index (χ4v) is 2.89. The van der Waals surface area contributed by atoms with Gasteiger partial charge >= 0.3 is 0 Å².